The second-order valence-electron chi connectivity index (χ2n) is 8.81. The van der Waals surface area contributed by atoms with E-state index >= 15 is 0 Å². The highest BCUT2D eigenvalue weighted by Crippen LogP contribution is 2.37. The smallest absolute Gasteiger partial charge is 0.413 e. The minimum atomic E-state index is -1.81. The molecule has 0 saturated heterocycles. The maximum Gasteiger partial charge on any atom is 0.420 e. The van der Waals surface area contributed by atoms with Crippen molar-refractivity contribution >= 4 is 20.2 Å². The number of aryl methyl sites for hydroxylation is 1. The third-order valence-corrected chi connectivity index (χ3v) is 10.1. The molecule has 1 aliphatic heterocycles. The molecule has 0 N–H and O–H groups in total. The number of ether oxygens (including phenoxy) is 1. The largest absolute Gasteiger partial charge is 0.420 e. The van der Waals surface area contributed by atoms with Gasteiger partial charge in [-0.25, -0.2) is 9.78 Å². The number of para-hydroxylation sites is 1. The first kappa shape index (κ1) is 20.5. The van der Waals surface area contributed by atoms with Gasteiger partial charge >= 0.3 is 6.09 Å². The molecule has 28 heavy (non-hydrogen) atoms. The van der Waals surface area contributed by atoms with E-state index in [1.54, 1.807) is 17.0 Å². The number of amides is 1. The number of hydrogen-bond acceptors (Lipinski definition) is 4. The highest BCUT2D eigenvalue weighted by Gasteiger charge is 2.37. The average molecular weight is 399 g/mol. The predicted octanol–water partition coefficient (Wildman–Crippen LogP) is 5.56. The highest BCUT2D eigenvalue weighted by atomic mass is 28.4. The first-order valence-corrected chi connectivity index (χ1v) is 12.7. The van der Waals surface area contributed by atoms with E-state index in [0.29, 0.717) is 24.7 Å². The molecule has 2 aromatic rings. The van der Waals surface area contributed by atoms with Crippen LogP contribution >= 0.6 is 0 Å². The van der Waals surface area contributed by atoms with Crippen LogP contribution in [0.15, 0.2) is 42.6 Å². The Morgan fingerprint density at radius 1 is 1.21 bits per heavy atom. The molecular formula is C22H30N2O3Si. The van der Waals surface area contributed by atoms with E-state index in [9.17, 15) is 4.79 Å². The van der Waals surface area contributed by atoms with Crippen LogP contribution in [0.25, 0.3) is 0 Å². The Hall–Kier alpha value is -2.18. The molecule has 3 rings (SSSR count). The molecule has 5 nitrogen and oxygen atoms in total. The Morgan fingerprint density at radius 2 is 1.93 bits per heavy atom. The number of hydrogen-bond donors (Lipinski definition) is 0. The van der Waals surface area contributed by atoms with E-state index in [0.717, 1.165) is 24.0 Å². The number of nitrogens with zero attached hydrogens (tertiary/aromatic N) is 2. The summed E-state index contributed by atoms with van der Waals surface area (Å²) in [4.78, 5) is 18.8. The molecule has 1 amide bonds. The van der Waals surface area contributed by atoms with Gasteiger partial charge in [0.05, 0.1) is 6.61 Å². The van der Waals surface area contributed by atoms with Crippen molar-refractivity contribution in [3.63, 3.8) is 0 Å². The minimum Gasteiger partial charge on any atom is -0.413 e. The lowest BCUT2D eigenvalue weighted by molar-refractivity contribution is 0.206. The van der Waals surface area contributed by atoms with Crippen LogP contribution in [0.4, 0.5) is 10.6 Å². The normalized spacial score (nSPS) is 14.5. The van der Waals surface area contributed by atoms with Gasteiger partial charge < -0.3 is 9.16 Å². The van der Waals surface area contributed by atoms with Gasteiger partial charge in [0.1, 0.15) is 11.6 Å². The third kappa shape index (κ3) is 4.62. The second kappa shape index (κ2) is 8.05. The zero-order chi connectivity index (χ0) is 20.4. The predicted molar refractivity (Wildman–Crippen MR) is 114 cm³/mol. The van der Waals surface area contributed by atoms with E-state index < -0.39 is 8.32 Å². The van der Waals surface area contributed by atoms with E-state index in [1.165, 1.54) is 0 Å². The van der Waals surface area contributed by atoms with E-state index in [-0.39, 0.29) is 11.1 Å². The van der Waals surface area contributed by atoms with Gasteiger partial charge in [0.25, 0.3) is 0 Å². The average Bonchev–Trinajstić information content (AvgIpc) is 2.65. The maximum absolute atomic E-state index is 12.6. The molecule has 0 fully saturated rings. The molecular weight excluding hydrogens is 368 g/mol. The van der Waals surface area contributed by atoms with Crippen LogP contribution in [0.1, 0.15) is 38.3 Å². The SMILES string of the molecule is CC(C)(C)[Si](C)(C)OCc1cnc2c(c1)CCCN2C(=O)Oc1ccccc1. The molecule has 0 radical (unpaired) electrons. The Labute approximate surface area is 168 Å². The van der Waals surface area contributed by atoms with Gasteiger partial charge in [-0.15, -0.1) is 0 Å². The highest BCUT2D eigenvalue weighted by molar-refractivity contribution is 6.74. The zero-order valence-corrected chi connectivity index (χ0v) is 18.5. The summed E-state index contributed by atoms with van der Waals surface area (Å²) in [5.74, 6) is 1.24. The van der Waals surface area contributed by atoms with Gasteiger partial charge in [0.15, 0.2) is 8.32 Å². The van der Waals surface area contributed by atoms with Crippen LogP contribution in [0.3, 0.4) is 0 Å². The molecule has 0 saturated carbocycles. The zero-order valence-electron chi connectivity index (χ0n) is 17.5. The summed E-state index contributed by atoms with van der Waals surface area (Å²) in [6, 6.07) is 11.3. The van der Waals surface area contributed by atoms with Crippen molar-refractivity contribution in [1.29, 1.82) is 0 Å². The Morgan fingerprint density at radius 3 is 2.61 bits per heavy atom. The van der Waals surface area contributed by atoms with Crippen molar-refractivity contribution in [2.24, 2.45) is 0 Å². The van der Waals surface area contributed by atoms with Crippen molar-refractivity contribution in [2.75, 3.05) is 11.4 Å². The van der Waals surface area contributed by atoms with E-state index in [1.807, 2.05) is 24.4 Å². The fourth-order valence-corrected chi connectivity index (χ4v) is 3.86. The van der Waals surface area contributed by atoms with Crippen LogP contribution in [0.2, 0.25) is 18.1 Å². The molecule has 150 valence electrons. The van der Waals surface area contributed by atoms with Crippen molar-refractivity contribution in [3.8, 4) is 5.75 Å². The van der Waals surface area contributed by atoms with Gasteiger partial charge in [0, 0.05) is 12.7 Å². The summed E-state index contributed by atoms with van der Waals surface area (Å²) in [6.45, 7) is 12.4. The topological polar surface area (TPSA) is 51.7 Å². The number of benzene rings is 1. The Bertz CT molecular complexity index is 831. The number of anilines is 1. The first-order chi connectivity index (χ1) is 13.2. The minimum absolute atomic E-state index is 0.173. The summed E-state index contributed by atoms with van der Waals surface area (Å²) in [5.41, 5.74) is 2.13. The van der Waals surface area contributed by atoms with Gasteiger partial charge in [0.2, 0.25) is 0 Å². The lowest BCUT2D eigenvalue weighted by Gasteiger charge is -2.36. The van der Waals surface area contributed by atoms with Crippen LogP contribution < -0.4 is 9.64 Å². The summed E-state index contributed by atoms with van der Waals surface area (Å²) >= 11 is 0. The van der Waals surface area contributed by atoms with Crippen molar-refractivity contribution in [1.82, 2.24) is 4.98 Å². The van der Waals surface area contributed by atoms with E-state index in [4.69, 9.17) is 9.16 Å². The number of fused-ring (bicyclic) bond motifs is 1. The molecule has 0 unspecified atom stereocenters. The fourth-order valence-electron chi connectivity index (χ4n) is 2.89. The molecule has 1 aromatic heterocycles. The van der Waals surface area contributed by atoms with Gasteiger partial charge in [-0.1, -0.05) is 39.0 Å². The Balaban J connectivity index is 1.72. The lowest BCUT2D eigenvalue weighted by atomic mass is 10.0. The summed E-state index contributed by atoms with van der Waals surface area (Å²) in [5, 5.41) is 0.173. The molecule has 2 heterocycles. The van der Waals surface area contributed by atoms with Crippen LogP contribution in [0, 0.1) is 0 Å². The number of aromatic nitrogens is 1. The van der Waals surface area contributed by atoms with Crippen LogP contribution in [-0.4, -0.2) is 25.9 Å². The molecule has 1 aromatic carbocycles. The van der Waals surface area contributed by atoms with Gasteiger partial charge in [-0.05, 0) is 60.3 Å². The first-order valence-electron chi connectivity index (χ1n) is 9.83. The number of carbonyl (C=O) groups is 1. The van der Waals surface area contributed by atoms with Gasteiger partial charge in [-0.2, -0.15) is 0 Å². The van der Waals surface area contributed by atoms with Crippen molar-refractivity contribution in [3.05, 3.63) is 53.7 Å². The molecule has 0 bridgehead atoms. The summed E-state index contributed by atoms with van der Waals surface area (Å²) < 4.78 is 11.8. The van der Waals surface area contributed by atoms with Gasteiger partial charge in [-0.3, -0.25) is 4.90 Å². The molecule has 1 aliphatic rings. The van der Waals surface area contributed by atoms with Crippen LogP contribution in [-0.2, 0) is 17.5 Å². The van der Waals surface area contributed by atoms with Crippen LogP contribution in [0.5, 0.6) is 5.75 Å². The molecule has 0 aliphatic carbocycles. The third-order valence-electron chi connectivity index (χ3n) is 5.66. The number of carbonyl (C=O) groups excluding carboxylic acids is 1. The summed E-state index contributed by atoms with van der Waals surface area (Å²) in [7, 11) is -1.81. The quantitative estimate of drug-likeness (QED) is 0.633. The lowest BCUT2D eigenvalue weighted by Crippen LogP contribution is -2.40. The van der Waals surface area contributed by atoms with Crippen molar-refractivity contribution in [2.45, 2.75) is 58.4 Å². The maximum atomic E-state index is 12.6. The second-order valence-corrected chi connectivity index (χ2v) is 13.6. The summed E-state index contributed by atoms with van der Waals surface area (Å²) in [6.07, 6.45) is 3.24. The van der Waals surface area contributed by atoms with E-state index in [2.05, 4.69) is 44.9 Å². The Kier molecular flexibility index (Phi) is 5.91. The fraction of sp³-hybridized carbons (Fsp3) is 0.455. The molecule has 0 atom stereocenters. The van der Waals surface area contributed by atoms with Crippen molar-refractivity contribution < 1.29 is 14.0 Å². The number of pyridine rings is 1. The standard InChI is InChI=1S/C22H30N2O3Si/c1-22(2,3)28(4,5)26-16-17-14-18-10-9-13-24(20(18)23-15-17)21(25)27-19-11-7-6-8-12-19/h6-8,11-12,14-15H,9-10,13,16H2,1-5H3. The monoisotopic (exact) mass is 398 g/mol. The molecule has 6 heteroatoms. The molecule has 0 spiro atoms. The number of rotatable bonds is 4.